The summed E-state index contributed by atoms with van der Waals surface area (Å²) in [6.45, 7) is 7.21. The fraction of sp³-hybridized carbons (Fsp3) is 0.500. The van der Waals surface area contributed by atoms with E-state index in [-0.39, 0.29) is 5.56 Å². The van der Waals surface area contributed by atoms with Gasteiger partial charge in [0.1, 0.15) is 0 Å². The smallest absolute Gasteiger partial charge is 0.250 e. The Bertz CT molecular complexity index is 722. The maximum absolute atomic E-state index is 11.6. The highest BCUT2D eigenvalue weighted by atomic mass is 32.1. The number of nitrogens with zero attached hydrogens (tertiary/aromatic N) is 3. The molecule has 0 aliphatic carbocycles. The minimum atomic E-state index is 0.0540. The van der Waals surface area contributed by atoms with Crippen molar-refractivity contribution < 1.29 is 0 Å². The number of thiazole rings is 1. The zero-order valence-electron chi connectivity index (χ0n) is 15.0. The number of aryl methyl sites for hydroxylation is 2. The van der Waals surface area contributed by atoms with E-state index in [9.17, 15) is 4.79 Å². The number of unbranched alkanes of at least 4 members (excludes halogenated alkanes) is 1. The van der Waals surface area contributed by atoms with Crippen molar-refractivity contribution in [3.8, 4) is 0 Å². The van der Waals surface area contributed by atoms with Crippen LogP contribution in [0.1, 0.15) is 30.5 Å². The Morgan fingerprint density at radius 2 is 2.20 bits per heavy atom. The van der Waals surface area contributed by atoms with Crippen LogP contribution in [0.5, 0.6) is 0 Å². The molecule has 7 heteroatoms. The van der Waals surface area contributed by atoms with Crippen molar-refractivity contribution >= 4 is 17.3 Å². The number of nitrogens with one attached hydrogen (secondary N) is 2. The van der Waals surface area contributed by atoms with Crippen LogP contribution in [0.3, 0.4) is 0 Å². The van der Waals surface area contributed by atoms with Crippen LogP contribution in [0.15, 0.2) is 39.6 Å². The van der Waals surface area contributed by atoms with Gasteiger partial charge in [-0.05, 0) is 32.8 Å². The molecule has 0 spiro atoms. The summed E-state index contributed by atoms with van der Waals surface area (Å²) in [5, 5.41) is 9.81. The third-order valence-corrected chi connectivity index (χ3v) is 4.48. The van der Waals surface area contributed by atoms with Crippen LogP contribution in [-0.4, -0.2) is 35.1 Å². The highest BCUT2D eigenvalue weighted by molar-refractivity contribution is 7.09. The van der Waals surface area contributed by atoms with Gasteiger partial charge in [-0.3, -0.25) is 9.79 Å². The lowest BCUT2D eigenvalue weighted by molar-refractivity contribution is 0.597. The molecule has 6 nitrogen and oxygen atoms in total. The fourth-order valence-electron chi connectivity index (χ4n) is 2.40. The van der Waals surface area contributed by atoms with Crippen LogP contribution in [0, 0.1) is 6.92 Å². The molecule has 0 aliphatic rings. The molecule has 0 atom stereocenters. The van der Waals surface area contributed by atoms with Crippen LogP contribution in [0.4, 0.5) is 0 Å². The van der Waals surface area contributed by atoms with E-state index in [2.05, 4.69) is 32.9 Å². The van der Waals surface area contributed by atoms with Gasteiger partial charge in [0.05, 0.1) is 10.7 Å². The molecule has 0 radical (unpaired) electrons. The summed E-state index contributed by atoms with van der Waals surface area (Å²) in [5.74, 6) is 0.839. The first-order chi connectivity index (χ1) is 12.2. The van der Waals surface area contributed by atoms with Gasteiger partial charge in [-0.2, -0.15) is 0 Å². The summed E-state index contributed by atoms with van der Waals surface area (Å²) in [7, 11) is 0. The normalized spacial score (nSPS) is 11.5. The standard InChI is InChI=1S/C18H27N5OS/c1-3-19-18(21-11-9-16-14-25-15(2)22-16)20-10-5-7-13-23-12-6-4-8-17(23)24/h4,6,8,12,14H,3,5,7,9-11,13H2,1-2H3,(H2,19,20,21). The van der Waals surface area contributed by atoms with E-state index in [4.69, 9.17) is 0 Å². The molecular weight excluding hydrogens is 334 g/mol. The Hall–Kier alpha value is -2.15. The third kappa shape index (κ3) is 7.09. The second kappa shape index (κ2) is 10.7. The number of rotatable bonds is 9. The van der Waals surface area contributed by atoms with E-state index in [1.807, 2.05) is 19.2 Å². The van der Waals surface area contributed by atoms with E-state index in [0.717, 1.165) is 62.1 Å². The lowest BCUT2D eigenvalue weighted by atomic mass is 10.3. The van der Waals surface area contributed by atoms with E-state index in [1.165, 1.54) is 0 Å². The molecule has 0 aromatic carbocycles. The highest BCUT2D eigenvalue weighted by Crippen LogP contribution is 2.07. The summed E-state index contributed by atoms with van der Waals surface area (Å²) in [4.78, 5) is 20.7. The minimum Gasteiger partial charge on any atom is -0.357 e. The number of guanidine groups is 1. The van der Waals surface area contributed by atoms with Gasteiger partial charge in [-0.25, -0.2) is 4.98 Å². The lowest BCUT2D eigenvalue weighted by Crippen LogP contribution is -2.38. The molecule has 0 aliphatic heterocycles. The summed E-state index contributed by atoms with van der Waals surface area (Å²) >= 11 is 1.68. The Labute approximate surface area is 153 Å². The average Bonchev–Trinajstić information content (AvgIpc) is 3.01. The molecule has 2 aromatic heterocycles. The molecule has 25 heavy (non-hydrogen) atoms. The molecule has 0 amide bonds. The Balaban J connectivity index is 1.69. The Kier molecular flexibility index (Phi) is 8.18. The summed E-state index contributed by atoms with van der Waals surface area (Å²) in [5.41, 5.74) is 1.18. The first-order valence-corrected chi connectivity index (χ1v) is 9.65. The summed E-state index contributed by atoms with van der Waals surface area (Å²) < 4.78 is 1.74. The quantitative estimate of drug-likeness (QED) is 0.408. The number of aliphatic imine (C=N–C) groups is 1. The molecule has 0 saturated heterocycles. The van der Waals surface area contributed by atoms with Gasteiger partial charge in [-0.1, -0.05) is 6.07 Å². The van der Waals surface area contributed by atoms with Crippen molar-refractivity contribution in [2.45, 2.75) is 39.7 Å². The number of aromatic nitrogens is 2. The van der Waals surface area contributed by atoms with Crippen LogP contribution >= 0.6 is 11.3 Å². The molecule has 0 fully saturated rings. The molecule has 2 N–H and O–H groups in total. The first kappa shape index (κ1) is 19.2. The molecular formula is C18H27N5OS. The zero-order chi connectivity index (χ0) is 17.9. The van der Waals surface area contributed by atoms with Crippen LogP contribution < -0.4 is 16.2 Å². The molecule has 0 unspecified atom stereocenters. The molecule has 2 rings (SSSR count). The van der Waals surface area contributed by atoms with Crippen LogP contribution in [0.2, 0.25) is 0 Å². The number of hydrogen-bond acceptors (Lipinski definition) is 4. The minimum absolute atomic E-state index is 0.0540. The molecule has 0 bridgehead atoms. The van der Waals surface area contributed by atoms with Crippen molar-refractivity contribution in [1.82, 2.24) is 20.2 Å². The van der Waals surface area contributed by atoms with Gasteiger partial charge in [0.25, 0.3) is 0 Å². The van der Waals surface area contributed by atoms with E-state index in [0.29, 0.717) is 0 Å². The summed E-state index contributed by atoms with van der Waals surface area (Å²) in [6, 6.07) is 5.25. The molecule has 2 heterocycles. The van der Waals surface area contributed by atoms with Crippen molar-refractivity contribution in [3.63, 3.8) is 0 Å². The third-order valence-electron chi connectivity index (χ3n) is 3.66. The molecule has 136 valence electrons. The zero-order valence-corrected chi connectivity index (χ0v) is 15.8. The fourth-order valence-corrected chi connectivity index (χ4v) is 3.05. The first-order valence-electron chi connectivity index (χ1n) is 8.77. The number of pyridine rings is 1. The van der Waals surface area contributed by atoms with Gasteiger partial charge >= 0.3 is 0 Å². The second-order valence-electron chi connectivity index (χ2n) is 5.73. The van der Waals surface area contributed by atoms with E-state index in [1.54, 1.807) is 28.0 Å². The van der Waals surface area contributed by atoms with E-state index < -0.39 is 0 Å². The van der Waals surface area contributed by atoms with Gasteiger partial charge in [0.2, 0.25) is 5.56 Å². The Morgan fingerprint density at radius 1 is 1.32 bits per heavy atom. The molecule has 2 aromatic rings. The monoisotopic (exact) mass is 361 g/mol. The predicted molar refractivity (Wildman–Crippen MR) is 104 cm³/mol. The lowest BCUT2D eigenvalue weighted by Gasteiger charge is -2.10. The number of hydrogen-bond donors (Lipinski definition) is 2. The van der Waals surface area contributed by atoms with Gasteiger partial charge < -0.3 is 15.2 Å². The van der Waals surface area contributed by atoms with Gasteiger partial charge in [0.15, 0.2) is 5.96 Å². The maximum Gasteiger partial charge on any atom is 0.250 e. The largest absolute Gasteiger partial charge is 0.357 e. The Morgan fingerprint density at radius 3 is 2.92 bits per heavy atom. The topological polar surface area (TPSA) is 71.3 Å². The average molecular weight is 362 g/mol. The van der Waals surface area contributed by atoms with Crippen LogP contribution in [-0.2, 0) is 13.0 Å². The van der Waals surface area contributed by atoms with Crippen molar-refractivity contribution in [1.29, 1.82) is 0 Å². The second-order valence-corrected chi connectivity index (χ2v) is 6.80. The van der Waals surface area contributed by atoms with Gasteiger partial charge in [-0.15, -0.1) is 11.3 Å². The highest BCUT2D eigenvalue weighted by Gasteiger charge is 2.00. The predicted octanol–water partition coefficient (Wildman–Crippen LogP) is 2.19. The molecule has 0 saturated carbocycles. The summed E-state index contributed by atoms with van der Waals surface area (Å²) in [6.07, 6.45) is 4.61. The van der Waals surface area contributed by atoms with Gasteiger partial charge in [0, 0.05) is 50.2 Å². The van der Waals surface area contributed by atoms with Crippen LogP contribution in [0.25, 0.3) is 0 Å². The maximum atomic E-state index is 11.6. The van der Waals surface area contributed by atoms with Crippen molar-refractivity contribution in [2.75, 3.05) is 19.6 Å². The SMILES string of the molecule is CCNC(=NCCCCn1ccccc1=O)NCCc1csc(C)n1. The van der Waals surface area contributed by atoms with Crippen molar-refractivity contribution in [3.05, 3.63) is 50.8 Å². The van der Waals surface area contributed by atoms with E-state index >= 15 is 0 Å². The van der Waals surface area contributed by atoms with Crippen molar-refractivity contribution in [2.24, 2.45) is 4.99 Å².